The molecule has 0 aliphatic rings. The molecule has 3 rings (SSSR count). The lowest BCUT2D eigenvalue weighted by Gasteiger charge is -2.07. The number of esters is 1. The number of carbonyl (C=O) groups is 2. The first-order valence-corrected chi connectivity index (χ1v) is 8.96. The molecule has 0 saturated heterocycles. The Morgan fingerprint density at radius 2 is 2.10 bits per heavy atom. The van der Waals surface area contributed by atoms with E-state index >= 15 is 0 Å². The quantitative estimate of drug-likeness (QED) is 0.431. The summed E-state index contributed by atoms with van der Waals surface area (Å²) in [6, 6.07) is 10.3. The van der Waals surface area contributed by atoms with E-state index in [1.54, 1.807) is 42.7 Å². The fourth-order valence-corrected chi connectivity index (χ4v) is 2.45. The Morgan fingerprint density at radius 1 is 1.21 bits per heavy atom. The average molecular weight is 396 g/mol. The van der Waals surface area contributed by atoms with Crippen molar-refractivity contribution in [2.45, 2.75) is 12.8 Å². The highest BCUT2D eigenvalue weighted by molar-refractivity contribution is 5.96. The van der Waals surface area contributed by atoms with Crippen LogP contribution in [0.2, 0.25) is 0 Å². The SMILES string of the molecule is COc1cccc(C(=O)NCC(=O)OCCCc2nc(-c3cccnc3)no2)c1. The minimum Gasteiger partial charge on any atom is -0.497 e. The van der Waals surface area contributed by atoms with Gasteiger partial charge in [0.2, 0.25) is 11.7 Å². The van der Waals surface area contributed by atoms with Gasteiger partial charge < -0.3 is 19.3 Å². The summed E-state index contributed by atoms with van der Waals surface area (Å²) in [4.78, 5) is 32.1. The fourth-order valence-electron chi connectivity index (χ4n) is 2.45. The van der Waals surface area contributed by atoms with Crippen LogP contribution in [-0.4, -0.2) is 47.3 Å². The van der Waals surface area contributed by atoms with E-state index in [0.29, 0.717) is 35.9 Å². The third kappa shape index (κ3) is 5.86. The zero-order valence-electron chi connectivity index (χ0n) is 15.8. The molecule has 2 heterocycles. The standard InChI is InChI=1S/C20H20N4O5/c1-27-16-7-2-5-14(11-16)20(26)22-13-18(25)28-10-4-8-17-23-19(24-29-17)15-6-3-9-21-12-15/h2-3,5-7,9,11-12H,4,8,10,13H2,1H3,(H,22,26). The van der Waals surface area contributed by atoms with Crippen LogP contribution in [0.15, 0.2) is 53.3 Å². The first-order valence-electron chi connectivity index (χ1n) is 8.96. The maximum absolute atomic E-state index is 12.0. The lowest BCUT2D eigenvalue weighted by molar-refractivity contribution is -0.142. The van der Waals surface area contributed by atoms with Gasteiger partial charge in [0.15, 0.2) is 0 Å². The highest BCUT2D eigenvalue weighted by Crippen LogP contribution is 2.14. The van der Waals surface area contributed by atoms with Crippen LogP contribution in [0.25, 0.3) is 11.4 Å². The Hall–Kier alpha value is -3.75. The van der Waals surface area contributed by atoms with Crippen LogP contribution in [0.3, 0.4) is 0 Å². The number of hydrogen-bond acceptors (Lipinski definition) is 8. The van der Waals surface area contributed by atoms with Crippen LogP contribution < -0.4 is 10.1 Å². The maximum atomic E-state index is 12.0. The number of amides is 1. The van der Waals surface area contributed by atoms with Crippen molar-refractivity contribution in [3.8, 4) is 17.1 Å². The highest BCUT2D eigenvalue weighted by atomic mass is 16.5. The number of aromatic nitrogens is 3. The third-order valence-electron chi connectivity index (χ3n) is 3.91. The molecule has 0 saturated carbocycles. The monoisotopic (exact) mass is 396 g/mol. The van der Waals surface area contributed by atoms with Crippen molar-refractivity contribution in [3.63, 3.8) is 0 Å². The van der Waals surface area contributed by atoms with Gasteiger partial charge in [-0.1, -0.05) is 11.2 Å². The van der Waals surface area contributed by atoms with Crippen LogP contribution in [0.5, 0.6) is 5.75 Å². The molecular weight excluding hydrogens is 376 g/mol. The van der Waals surface area contributed by atoms with E-state index in [0.717, 1.165) is 5.56 Å². The summed E-state index contributed by atoms with van der Waals surface area (Å²) in [5.41, 5.74) is 1.17. The molecule has 0 unspecified atom stereocenters. The largest absolute Gasteiger partial charge is 0.497 e. The Bertz CT molecular complexity index is 958. The zero-order chi connectivity index (χ0) is 20.5. The van der Waals surface area contributed by atoms with Gasteiger partial charge in [0, 0.05) is 29.9 Å². The van der Waals surface area contributed by atoms with E-state index in [1.165, 1.54) is 7.11 Å². The summed E-state index contributed by atoms with van der Waals surface area (Å²) in [6.07, 6.45) is 4.30. The molecular formula is C20H20N4O5. The van der Waals surface area contributed by atoms with Gasteiger partial charge in [0.1, 0.15) is 12.3 Å². The molecule has 150 valence electrons. The lowest BCUT2D eigenvalue weighted by atomic mass is 10.2. The molecule has 0 aliphatic heterocycles. The Kier molecular flexibility index (Phi) is 6.88. The summed E-state index contributed by atoms with van der Waals surface area (Å²) in [6.45, 7) is -0.0414. The van der Waals surface area contributed by atoms with Gasteiger partial charge in [-0.05, 0) is 36.8 Å². The minimum atomic E-state index is -0.525. The molecule has 1 N–H and O–H groups in total. The Labute approximate surface area is 167 Å². The average Bonchev–Trinajstić information content (AvgIpc) is 3.24. The van der Waals surface area contributed by atoms with Crippen LogP contribution >= 0.6 is 0 Å². The second kappa shape index (κ2) is 9.98. The van der Waals surface area contributed by atoms with Crippen molar-refractivity contribution in [1.82, 2.24) is 20.4 Å². The first kappa shape index (κ1) is 20.0. The third-order valence-corrected chi connectivity index (χ3v) is 3.91. The molecule has 9 heteroatoms. The molecule has 0 atom stereocenters. The molecule has 1 amide bonds. The van der Waals surface area contributed by atoms with Crippen molar-refractivity contribution >= 4 is 11.9 Å². The molecule has 1 aromatic carbocycles. The predicted molar refractivity (Wildman–Crippen MR) is 102 cm³/mol. The number of nitrogens with zero attached hydrogens (tertiary/aromatic N) is 3. The van der Waals surface area contributed by atoms with E-state index in [1.807, 2.05) is 6.07 Å². The van der Waals surface area contributed by atoms with E-state index in [4.69, 9.17) is 14.0 Å². The van der Waals surface area contributed by atoms with Crippen molar-refractivity contribution in [3.05, 3.63) is 60.2 Å². The second-order valence-electron chi connectivity index (χ2n) is 5.99. The molecule has 29 heavy (non-hydrogen) atoms. The molecule has 9 nitrogen and oxygen atoms in total. The summed E-state index contributed by atoms with van der Waals surface area (Å²) < 4.78 is 15.4. The molecule has 0 spiro atoms. The number of carbonyl (C=O) groups excluding carboxylic acids is 2. The topological polar surface area (TPSA) is 116 Å². The summed E-state index contributed by atoms with van der Waals surface area (Å²) in [5, 5.41) is 6.41. The number of methoxy groups -OCH3 is 1. The van der Waals surface area contributed by atoms with Gasteiger partial charge in [0.25, 0.3) is 5.91 Å². The predicted octanol–water partition coefficient (Wildman–Crippen LogP) is 2.05. The smallest absolute Gasteiger partial charge is 0.325 e. The minimum absolute atomic E-state index is 0.179. The van der Waals surface area contributed by atoms with Gasteiger partial charge in [-0.25, -0.2) is 0 Å². The Morgan fingerprint density at radius 3 is 2.90 bits per heavy atom. The summed E-state index contributed by atoms with van der Waals surface area (Å²) >= 11 is 0. The van der Waals surface area contributed by atoms with Crippen molar-refractivity contribution in [1.29, 1.82) is 0 Å². The van der Waals surface area contributed by atoms with E-state index in [-0.39, 0.29) is 19.1 Å². The van der Waals surface area contributed by atoms with Crippen LogP contribution in [0, 0.1) is 0 Å². The van der Waals surface area contributed by atoms with Gasteiger partial charge in [-0.15, -0.1) is 0 Å². The molecule has 0 bridgehead atoms. The molecule has 0 fully saturated rings. The van der Waals surface area contributed by atoms with Crippen LogP contribution in [0.1, 0.15) is 22.7 Å². The van der Waals surface area contributed by atoms with Crippen molar-refractivity contribution in [2.75, 3.05) is 20.3 Å². The fraction of sp³-hybridized carbons (Fsp3) is 0.250. The first-order chi connectivity index (χ1) is 14.2. The normalized spacial score (nSPS) is 10.4. The number of ether oxygens (including phenoxy) is 2. The van der Waals surface area contributed by atoms with Crippen LogP contribution in [-0.2, 0) is 16.0 Å². The zero-order valence-corrected chi connectivity index (χ0v) is 15.8. The molecule has 0 aliphatic carbocycles. The van der Waals surface area contributed by atoms with Crippen molar-refractivity contribution in [2.24, 2.45) is 0 Å². The van der Waals surface area contributed by atoms with Crippen molar-refractivity contribution < 1.29 is 23.6 Å². The van der Waals surface area contributed by atoms with E-state index < -0.39 is 5.97 Å². The lowest BCUT2D eigenvalue weighted by Crippen LogP contribution is -2.30. The summed E-state index contributed by atoms with van der Waals surface area (Å²) in [7, 11) is 1.52. The van der Waals surface area contributed by atoms with E-state index in [2.05, 4.69) is 20.4 Å². The number of rotatable bonds is 9. The molecule has 2 aromatic heterocycles. The Balaban J connectivity index is 1.36. The van der Waals surface area contributed by atoms with E-state index in [9.17, 15) is 9.59 Å². The van der Waals surface area contributed by atoms with Gasteiger partial charge in [-0.2, -0.15) is 4.98 Å². The van der Waals surface area contributed by atoms with Gasteiger partial charge in [0.05, 0.1) is 13.7 Å². The maximum Gasteiger partial charge on any atom is 0.325 e. The number of hydrogen-bond donors (Lipinski definition) is 1. The summed E-state index contributed by atoms with van der Waals surface area (Å²) in [5.74, 6) is 0.571. The van der Waals surface area contributed by atoms with Crippen LogP contribution in [0.4, 0.5) is 0 Å². The number of benzene rings is 1. The highest BCUT2D eigenvalue weighted by Gasteiger charge is 2.11. The molecule has 0 radical (unpaired) electrons. The molecule has 3 aromatic rings. The number of aryl methyl sites for hydroxylation is 1. The van der Waals surface area contributed by atoms with Gasteiger partial charge >= 0.3 is 5.97 Å². The second-order valence-corrected chi connectivity index (χ2v) is 5.99. The number of pyridine rings is 1. The number of nitrogens with one attached hydrogen (secondary N) is 1. The van der Waals surface area contributed by atoms with Gasteiger partial charge in [-0.3, -0.25) is 14.6 Å².